The molecule has 0 aliphatic heterocycles. The number of nitrogens with two attached hydrogens (primary N) is 1. The lowest BCUT2D eigenvalue weighted by Crippen LogP contribution is -2.30. The number of carbonyl (C=O) groups is 1. The van der Waals surface area contributed by atoms with Gasteiger partial charge in [0, 0.05) is 13.1 Å². The number of rotatable bonds is 6. The Morgan fingerprint density at radius 2 is 2.17 bits per heavy atom. The molecule has 0 spiro atoms. The van der Waals surface area contributed by atoms with E-state index in [1.807, 2.05) is 11.8 Å². The zero-order valence-corrected chi connectivity index (χ0v) is 11.2. The van der Waals surface area contributed by atoms with Crippen molar-refractivity contribution in [3.8, 4) is 0 Å². The van der Waals surface area contributed by atoms with Gasteiger partial charge in [-0.25, -0.2) is 9.78 Å². The third-order valence-electron chi connectivity index (χ3n) is 3.03. The number of nitrogen functional groups attached to an aromatic ring is 1. The fraction of sp³-hybridized carbons (Fsp3) is 0.538. The predicted molar refractivity (Wildman–Crippen MR) is 73.0 cm³/mol. The quantitative estimate of drug-likeness (QED) is 0.810. The van der Waals surface area contributed by atoms with Crippen LogP contribution in [0.4, 0.5) is 11.5 Å². The molecule has 5 nitrogen and oxygen atoms in total. The highest BCUT2D eigenvalue weighted by Crippen LogP contribution is 2.22. The summed E-state index contributed by atoms with van der Waals surface area (Å²) in [5, 5.41) is 8.96. The van der Waals surface area contributed by atoms with Crippen LogP contribution < -0.4 is 10.6 Å². The molecule has 5 heteroatoms. The van der Waals surface area contributed by atoms with Gasteiger partial charge in [-0.3, -0.25) is 0 Å². The summed E-state index contributed by atoms with van der Waals surface area (Å²) < 4.78 is 0. The van der Waals surface area contributed by atoms with Crippen molar-refractivity contribution < 1.29 is 9.90 Å². The van der Waals surface area contributed by atoms with E-state index in [0.717, 1.165) is 19.5 Å². The van der Waals surface area contributed by atoms with Crippen LogP contribution in [0.2, 0.25) is 0 Å². The van der Waals surface area contributed by atoms with Crippen molar-refractivity contribution in [3.63, 3.8) is 0 Å². The number of nitrogens with zero attached hydrogens (tertiary/aromatic N) is 2. The molecule has 1 rings (SSSR count). The first-order valence-electron chi connectivity index (χ1n) is 6.24. The first kappa shape index (κ1) is 14.3. The summed E-state index contributed by atoms with van der Waals surface area (Å²) in [7, 11) is 0. The summed E-state index contributed by atoms with van der Waals surface area (Å²) in [5.74, 6) is 0.0492. The molecule has 1 heterocycles. The number of carboxylic acid groups (broad SMARTS) is 1. The molecule has 0 radical (unpaired) electrons. The van der Waals surface area contributed by atoms with Gasteiger partial charge in [0.2, 0.25) is 0 Å². The highest BCUT2D eigenvalue weighted by molar-refractivity contribution is 5.86. The Morgan fingerprint density at radius 3 is 2.67 bits per heavy atom. The Bertz CT molecular complexity index is 421. The maximum Gasteiger partial charge on any atom is 0.354 e. The monoisotopic (exact) mass is 251 g/mol. The van der Waals surface area contributed by atoms with E-state index in [9.17, 15) is 4.79 Å². The van der Waals surface area contributed by atoms with Gasteiger partial charge in [0.1, 0.15) is 0 Å². The maximum atomic E-state index is 10.9. The van der Waals surface area contributed by atoms with E-state index < -0.39 is 5.97 Å². The molecule has 0 bridgehead atoms. The van der Waals surface area contributed by atoms with Gasteiger partial charge in [-0.2, -0.15) is 0 Å². The molecular formula is C13H21N3O2. The van der Waals surface area contributed by atoms with Gasteiger partial charge in [-0.15, -0.1) is 0 Å². The van der Waals surface area contributed by atoms with Crippen molar-refractivity contribution in [1.29, 1.82) is 0 Å². The zero-order valence-electron chi connectivity index (χ0n) is 11.2. The minimum absolute atomic E-state index is 0.0294. The normalized spacial score (nSPS) is 12.2. The second kappa shape index (κ2) is 6.23. The fourth-order valence-corrected chi connectivity index (χ4v) is 1.70. The van der Waals surface area contributed by atoms with Gasteiger partial charge >= 0.3 is 5.97 Å². The number of pyridine rings is 1. The van der Waals surface area contributed by atoms with E-state index in [0.29, 0.717) is 17.4 Å². The van der Waals surface area contributed by atoms with Crippen molar-refractivity contribution in [2.75, 3.05) is 23.7 Å². The fourth-order valence-electron chi connectivity index (χ4n) is 1.70. The Hall–Kier alpha value is -1.78. The number of aromatic carboxylic acids is 1. The van der Waals surface area contributed by atoms with Gasteiger partial charge in [-0.1, -0.05) is 20.3 Å². The first-order chi connectivity index (χ1) is 8.49. The van der Waals surface area contributed by atoms with Crippen LogP contribution in [0.15, 0.2) is 12.1 Å². The lowest BCUT2D eigenvalue weighted by molar-refractivity contribution is 0.0690. The first-order valence-corrected chi connectivity index (χ1v) is 6.24. The maximum absolute atomic E-state index is 10.9. The second-order valence-corrected chi connectivity index (χ2v) is 4.47. The smallest absolute Gasteiger partial charge is 0.354 e. The van der Waals surface area contributed by atoms with Gasteiger partial charge in [-0.05, 0) is 25.0 Å². The summed E-state index contributed by atoms with van der Waals surface area (Å²) in [6.07, 6.45) is 1.06. The van der Waals surface area contributed by atoms with E-state index in [1.165, 1.54) is 6.07 Å². The number of hydrogen-bond donors (Lipinski definition) is 2. The number of hydrogen-bond acceptors (Lipinski definition) is 4. The van der Waals surface area contributed by atoms with Gasteiger partial charge in [0.05, 0.1) is 5.69 Å². The van der Waals surface area contributed by atoms with Crippen molar-refractivity contribution in [2.24, 2.45) is 5.92 Å². The molecule has 0 aliphatic carbocycles. The topological polar surface area (TPSA) is 79.5 Å². The van der Waals surface area contributed by atoms with Crippen LogP contribution in [0.5, 0.6) is 0 Å². The molecule has 0 amide bonds. The van der Waals surface area contributed by atoms with Crippen molar-refractivity contribution >= 4 is 17.5 Å². The number of carboxylic acids is 1. The van der Waals surface area contributed by atoms with Crippen LogP contribution in [-0.2, 0) is 0 Å². The Kier molecular flexibility index (Phi) is 4.95. The van der Waals surface area contributed by atoms with Crippen LogP contribution in [0.25, 0.3) is 0 Å². The van der Waals surface area contributed by atoms with Crippen molar-refractivity contribution in [3.05, 3.63) is 17.8 Å². The number of anilines is 2. The van der Waals surface area contributed by atoms with Crippen LogP contribution in [-0.4, -0.2) is 29.1 Å². The van der Waals surface area contributed by atoms with Gasteiger partial charge in [0.15, 0.2) is 11.5 Å². The molecule has 18 heavy (non-hydrogen) atoms. The van der Waals surface area contributed by atoms with E-state index in [2.05, 4.69) is 18.8 Å². The number of aromatic nitrogens is 1. The molecule has 1 aromatic heterocycles. The highest BCUT2D eigenvalue weighted by Gasteiger charge is 2.15. The highest BCUT2D eigenvalue weighted by atomic mass is 16.4. The molecule has 100 valence electrons. The van der Waals surface area contributed by atoms with Crippen LogP contribution in [0.3, 0.4) is 0 Å². The van der Waals surface area contributed by atoms with Crippen molar-refractivity contribution in [1.82, 2.24) is 4.98 Å². The zero-order chi connectivity index (χ0) is 13.7. The average Bonchev–Trinajstić information content (AvgIpc) is 2.36. The lowest BCUT2D eigenvalue weighted by atomic mass is 10.1. The minimum atomic E-state index is -1.03. The van der Waals surface area contributed by atoms with E-state index in [-0.39, 0.29) is 5.69 Å². The SMILES string of the molecule is CCC(C)CN(CC)c1nc(C(=O)O)ccc1N. The van der Waals surface area contributed by atoms with E-state index in [4.69, 9.17) is 10.8 Å². The van der Waals surface area contributed by atoms with Crippen LogP contribution in [0.1, 0.15) is 37.7 Å². The third-order valence-corrected chi connectivity index (χ3v) is 3.03. The minimum Gasteiger partial charge on any atom is -0.477 e. The molecule has 1 unspecified atom stereocenters. The second-order valence-electron chi connectivity index (χ2n) is 4.47. The molecule has 0 aliphatic rings. The molecular weight excluding hydrogens is 230 g/mol. The van der Waals surface area contributed by atoms with Crippen LogP contribution >= 0.6 is 0 Å². The lowest BCUT2D eigenvalue weighted by Gasteiger charge is -2.26. The summed E-state index contributed by atoms with van der Waals surface area (Å²) in [4.78, 5) is 17.1. The standard InChI is InChI=1S/C13H21N3O2/c1-4-9(3)8-16(5-2)12-10(14)6-7-11(15-12)13(17)18/h6-7,9H,4-5,8,14H2,1-3H3,(H,17,18). The Balaban J connectivity index is 3.04. The largest absolute Gasteiger partial charge is 0.477 e. The summed E-state index contributed by atoms with van der Waals surface area (Å²) in [5.41, 5.74) is 6.43. The molecule has 3 N–H and O–H groups in total. The molecule has 1 atom stereocenters. The van der Waals surface area contributed by atoms with Crippen LogP contribution in [0, 0.1) is 5.92 Å². The Morgan fingerprint density at radius 1 is 1.50 bits per heavy atom. The molecule has 0 aromatic carbocycles. The van der Waals surface area contributed by atoms with Crippen molar-refractivity contribution in [2.45, 2.75) is 27.2 Å². The molecule has 0 saturated carbocycles. The third kappa shape index (κ3) is 3.35. The predicted octanol–water partition coefficient (Wildman–Crippen LogP) is 2.23. The Labute approximate surface area is 108 Å². The van der Waals surface area contributed by atoms with Gasteiger partial charge in [0.25, 0.3) is 0 Å². The summed E-state index contributed by atoms with van der Waals surface area (Å²) >= 11 is 0. The summed E-state index contributed by atoms with van der Waals surface area (Å²) in [6, 6.07) is 3.03. The molecule has 0 saturated heterocycles. The summed E-state index contributed by atoms with van der Waals surface area (Å²) in [6.45, 7) is 7.87. The van der Waals surface area contributed by atoms with Gasteiger partial charge < -0.3 is 15.7 Å². The van der Waals surface area contributed by atoms with E-state index >= 15 is 0 Å². The van der Waals surface area contributed by atoms with E-state index in [1.54, 1.807) is 6.07 Å². The molecule has 1 aromatic rings. The molecule has 0 fully saturated rings. The average molecular weight is 251 g/mol.